The van der Waals surface area contributed by atoms with Gasteiger partial charge in [0.25, 0.3) is 0 Å². The van der Waals surface area contributed by atoms with E-state index in [0.29, 0.717) is 16.3 Å². The van der Waals surface area contributed by atoms with Gasteiger partial charge in [-0.2, -0.15) is 0 Å². The first-order chi connectivity index (χ1) is 16.6. The maximum Gasteiger partial charge on any atom is 0.244 e. The number of carbonyl (C=O) groups is 2. The third kappa shape index (κ3) is 7.45. The maximum absolute atomic E-state index is 13.6. The van der Waals surface area contributed by atoms with Gasteiger partial charge in [0.15, 0.2) is 0 Å². The number of benzene rings is 2. The molecule has 0 spiro atoms. The molecule has 0 unspecified atom stereocenters. The first kappa shape index (κ1) is 27.0. The number of rotatable bonds is 9. The number of anilines is 1. The normalized spacial score (nSPS) is 15.3. The zero-order chi connectivity index (χ0) is 25.6. The van der Waals surface area contributed by atoms with Crippen LogP contribution in [-0.2, 0) is 26.2 Å². The van der Waals surface area contributed by atoms with Gasteiger partial charge in [0.1, 0.15) is 12.6 Å². The van der Waals surface area contributed by atoms with Gasteiger partial charge in [-0.25, -0.2) is 8.42 Å². The summed E-state index contributed by atoms with van der Waals surface area (Å²) < 4.78 is 26.3. The number of aryl methyl sites for hydroxylation is 1. The van der Waals surface area contributed by atoms with Crippen LogP contribution in [0, 0.1) is 6.92 Å². The fraction of sp³-hybridized carbons (Fsp3) is 0.462. The second-order valence-electron chi connectivity index (χ2n) is 9.24. The predicted octanol–water partition coefficient (Wildman–Crippen LogP) is 4.28. The second-order valence-corrected chi connectivity index (χ2v) is 11.6. The zero-order valence-electron chi connectivity index (χ0n) is 20.5. The van der Waals surface area contributed by atoms with Gasteiger partial charge in [-0.1, -0.05) is 66.8 Å². The van der Waals surface area contributed by atoms with Crippen LogP contribution in [0.5, 0.6) is 0 Å². The molecular weight excluding hydrogens is 486 g/mol. The molecule has 2 aromatic carbocycles. The Morgan fingerprint density at radius 3 is 2.29 bits per heavy atom. The largest absolute Gasteiger partial charge is 0.352 e. The zero-order valence-corrected chi connectivity index (χ0v) is 22.1. The number of hydrogen-bond donors (Lipinski definition) is 1. The first-order valence-corrected chi connectivity index (χ1v) is 14.2. The molecule has 2 amide bonds. The van der Waals surface area contributed by atoms with E-state index in [1.807, 2.05) is 13.0 Å². The smallest absolute Gasteiger partial charge is 0.244 e. The molecule has 1 aliphatic rings. The molecule has 0 saturated heterocycles. The van der Waals surface area contributed by atoms with Crippen molar-refractivity contribution in [2.75, 3.05) is 17.1 Å². The van der Waals surface area contributed by atoms with Crippen molar-refractivity contribution in [1.82, 2.24) is 10.2 Å². The SMILES string of the molecule is Cc1ccc(N(CC(=O)N(Cc2ccccc2Cl)[C@@H](C)C(=O)NC2CCCCC2)S(C)(=O)=O)cc1. The number of halogens is 1. The molecule has 3 rings (SSSR count). The number of nitrogens with zero attached hydrogens (tertiary/aromatic N) is 2. The summed E-state index contributed by atoms with van der Waals surface area (Å²) in [5.41, 5.74) is 2.05. The van der Waals surface area contributed by atoms with Crippen molar-refractivity contribution in [3.8, 4) is 0 Å². The molecule has 35 heavy (non-hydrogen) atoms. The van der Waals surface area contributed by atoms with Gasteiger partial charge in [0.05, 0.1) is 11.9 Å². The van der Waals surface area contributed by atoms with E-state index >= 15 is 0 Å². The second kappa shape index (κ2) is 11.9. The van der Waals surface area contributed by atoms with Crippen LogP contribution in [-0.4, -0.2) is 50.0 Å². The van der Waals surface area contributed by atoms with Crippen LogP contribution < -0.4 is 9.62 Å². The van der Waals surface area contributed by atoms with E-state index in [2.05, 4.69) is 5.32 Å². The van der Waals surface area contributed by atoms with E-state index in [-0.39, 0.29) is 18.5 Å². The van der Waals surface area contributed by atoms with Crippen molar-refractivity contribution in [2.45, 2.75) is 64.6 Å². The molecule has 0 aromatic heterocycles. The monoisotopic (exact) mass is 519 g/mol. The average Bonchev–Trinajstić information content (AvgIpc) is 2.82. The Labute approximate surface area is 213 Å². The highest BCUT2D eigenvalue weighted by Gasteiger charge is 2.31. The summed E-state index contributed by atoms with van der Waals surface area (Å²) in [7, 11) is -3.75. The van der Waals surface area contributed by atoms with Crippen molar-refractivity contribution >= 4 is 39.1 Å². The lowest BCUT2D eigenvalue weighted by Gasteiger charge is -2.33. The predicted molar refractivity (Wildman–Crippen MR) is 140 cm³/mol. The highest BCUT2D eigenvalue weighted by atomic mass is 35.5. The quantitative estimate of drug-likeness (QED) is 0.535. The molecule has 1 fully saturated rings. The van der Waals surface area contributed by atoms with Crippen LogP contribution in [0.2, 0.25) is 5.02 Å². The number of nitrogens with one attached hydrogen (secondary N) is 1. The molecule has 0 aliphatic heterocycles. The van der Waals surface area contributed by atoms with Crippen LogP contribution in [0.3, 0.4) is 0 Å². The van der Waals surface area contributed by atoms with E-state index in [1.54, 1.807) is 49.4 Å². The highest BCUT2D eigenvalue weighted by Crippen LogP contribution is 2.22. The number of carbonyl (C=O) groups excluding carboxylic acids is 2. The molecule has 0 radical (unpaired) electrons. The highest BCUT2D eigenvalue weighted by molar-refractivity contribution is 7.92. The van der Waals surface area contributed by atoms with Crippen LogP contribution in [0.25, 0.3) is 0 Å². The third-order valence-electron chi connectivity index (χ3n) is 6.42. The molecule has 7 nitrogen and oxygen atoms in total. The van der Waals surface area contributed by atoms with Gasteiger partial charge < -0.3 is 10.2 Å². The van der Waals surface area contributed by atoms with Crippen molar-refractivity contribution in [1.29, 1.82) is 0 Å². The Morgan fingerprint density at radius 1 is 1.06 bits per heavy atom. The summed E-state index contributed by atoms with van der Waals surface area (Å²) in [6.45, 7) is 3.23. The summed E-state index contributed by atoms with van der Waals surface area (Å²) in [6, 6.07) is 13.3. The summed E-state index contributed by atoms with van der Waals surface area (Å²) in [5.74, 6) is -0.735. The lowest BCUT2D eigenvalue weighted by atomic mass is 9.95. The van der Waals surface area contributed by atoms with Gasteiger partial charge in [0.2, 0.25) is 21.8 Å². The lowest BCUT2D eigenvalue weighted by molar-refractivity contribution is -0.139. The molecule has 2 aromatic rings. The molecule has 1 aliphatic carbocycles. The van der Waals surface area contributed by atoms with Gasteiger partial charge in [-0.3, -0.25) is 13.9 Å². The molecular formula is C26H34ClN3O4S. The van der Waals surface area contributed by atoms with E-state index < -0.39 is 28.5 Å². The minimum Gasteiger partial charge on any atom is -0.352 e. The molecule has 1 atom stereocenters. The topological polar surface area (TPSA) is 86.8 Å². The Kier molecular flexibility index (Phi) is 9.19. The maximum atomic E-state index is 13.6. The Bertz CT molecular complexity index is 1130. The van der Waals surface area contributed by atoms with Crippen molar-refractivity contribution in [3.63, 3.8) is 0 Å². The molecule has 0 heterocycles. The molecule has 9 heteroatoms. The fourth-order valence-corrected chi connectivity index (χ4v) is 5.33. The minimum atomic E-state index is -3.75. The standard InChI is InChI=1S/C26H34ClN3O4S/c1-19-13-15-23(16-14-19)30(35(3,33)34)18-25(31)29(17-21-9-7-8-12-24(21)27)20(2)26(32)28-22-10-5-4-6-11-22/h7-9,12-16,20,22H,4-6,10-11,17-18H2,1-3H3,(H,28,32)/t20-/m0/s1. The Hall–Kier alpha value is -2.58. The van der Waals surface area contributed by atoms with Crippen LogP contribution in [0.1, 0.15) is 50.2 Å². The summed E-state index contributed by atoms with van der Waals surface area (Å²) in [5, 5.41) is 3.55. The summed E-state index contributed by atoms with van der Waals surface area (Å²) in [4.78, 5) is 28.2. The van der Waals surface area contributed by atoms with Crippen molar-refractivity contribution < 1.29 is 18.0 Å². The van der Waals surface area contributed by atoms with Gasteiger partial charge >= 0.3 is 0 Å². The van der Waals surface area contributed by atoms with E-state index in [4.69, 9.17) is 11.6 Å². The van der Waals surface area contributed by atoms with E-state index in [1.165, 1.54) is 11.3 Å². The number of amides is 2. The third-order valence-corrected chi connectivity index (χ3v) is 7.93. The molecule has 190 valence electrons. The van der Waals surface area contributed by atoms with E-state index in [0.717, 1.165) is 41.8 Å². The van der Waals surface area contributed by atoms with Crippen molar-refractivity contribution in [3.05, 3.63) is 64.7 Å². The molecule has 1 saturated carbocycles. The summed E-state index contributed by atoms with van der Waals surface area (Å²) in [6.07, 6.45) is 6.22. The lowest BCUT2D eigenvalue weighted by Crippen LogP contribution is -2.53. The van der Waals surface area contributed by atoms with Gasteiger partial charge in [-0.15, -0.1) is 0 Å². The van der Waals surface area contributed by atoms with Gasteiger partial charge in [0, 0.05) is 17.6 Å². The minimum absolute atomic E-state index is 0.0866. The first-order valence-electron chi connectivity index (χ1n) is 11.9. The Balaban J connectivity index is 1.87. The van der Waals surface area contributed by atoms with Gasteiger partial charge in [-0.05, 0) is 50.5 Å². The number of hydrogen-bond acceptors (Lipinski definition) is 4. The fourth-order valence-electron chi connectivity index (χ4n) is 4.29. The Morgan fingerprint density at radius 2 is 1.69 bits per heavy atom. The average molecular weight is 520 g/mol. The van der Waals surface area contributed by atoms with Crippen LogP contribution >= 0.6 is 11.6 Å². The molecule has 0 bridgehead atoms. The van der Waals surface area contributed by atoms with Crippen LogP contribution in [0.4, 0.5) is 5.69 Å². The van der Waals surface area contributed by atoms with Crippen molar-refractivity contribution in [2.24, 2.45) is 0 Å². The molecule has 1 N–H and O–H groups in total. The van der Waals surface area contributed by atoms with E-state index in [9.17, 15) is 18.0 Å². The summed E-state index contributed by atoms with van der Waals surface area (Å²) >= 11 is 6.36. The number of sulfonamides is 1. The van der Waals surface area contributed by atoms with Crippen LogP contribution in [0.15, 0.2) is 48.5 Å².